The van der Waals surface area contributed by atoms with E-state index in [9.17, 15) is 14.4 Å². The van der Waals surface area contributed by atoms with E-state index in [1.807, 2.05) is 0 Å². The van der Waals surface area contributed by atoms with Crippen LogP contribution in [0.15, 0.2) is 0 Å². The molecule has 6 heteroatoms. The van der Waals surface area contributed by atoms with Gasteiger partial charge in [0.2, 0.25) is 0 Å². The number of unbranched alkanes of at least 4 members (excludes halogenated alkanes) is 41. The van der Waals surface area contributed by atoms with Crippen molar-refractivity contribution in [2.45, 2.75) is 342 Å². The fraction of sp³-hybridized carbons (Fsp3) is 0.949. The summed E-state index contributed by atoms with van der Waals surface area (Å²) in [6.45, 7) is 9.07. The molecule has 65 heavy (non-hydrogen) atoms. The molecule has 0 fully saturated rings. The van der Waals surface area contributed by atoms with Crippen molar-refractivity contribution >= 4 is 17.9 Å². The molecule has 0 heterocycles. The highest BCUT2D eigenvalue weighted by Gasteiger charge is 2.19. The quantitative estimate of drug-likeness (QED) is 0.0344. The molecule has 0 bridgehead atoms. The smallest absolute Gasteiger partial charge is 0.306 e. The Balaban J connectivity index is 4.24. The molecule has 0 saturated heterocycles. The zero-order chi connectivity index (χ0) is 47.4. The van der Waals surface area contributed by atoms with Crippen molar-refractivity contribution < 1.29 is 28.6 Å². The highest BCUT2D eigenvalue weighted by molar-refractivity contribution is 5.71. The maximum absolute atomic E-state index is 12.8. The van der Waals surface area contributed by atoms with Crippen LogP contribution in [0, 0.1) is 5.92 Å². The minimum Gasteiger partial charge on any atom is -0.462 e. The van der Waals surface area contributed by atoms with Gasteiger partial charge < -0.3 is 14.2 Å². The Morgan fingerprint density at radius 3 is 0.754 bits per heavy atom. The van der Waals surface area contributed by atoms with Crippen molar-refractivity contribution in [1.29, 1.82) is 0 Å². The highest BCUT2D eigenvalue weighted by Crippen LogP contribution is 2.18. The second kappa shape index (κ2) is 53.4. The van der Waals surface area contributed by atoms with Crippen molar-refractivity contribution in [3.8, 4) is 0 Å². The summed E-state index contributed by atoms with van der Waals surface area (Å²) in [7, 11) is 0. The van der Waals surface area contributed by atoms with Crippen LogP contribution >= 0.6 is 0 Å². The summed E-state index contributed by atoms with van der Waals surface area (Å²) in [5, 5.41) is 0. The first-order valence-electron chi connectivity index (χ1n) is 29.4. The van der Waals surface area contributed by atoms with Crippen molar-refractivity contribution in [1.82, 2.24) is 0 Å². The Hall–Kier alpha value is -1.59. The van der Waals surface area contributed by atoms with Gasteiger partial charge in [-0.2, -0.15) is 0 Å². The monoisotopic (exact) mass is 919 g/mol. The molecule has 0 aromatic carbocycles. The van der Waals surface area contributed by atoms with Gasteiger partial charge in [0, 0.05) is 19.3 Å². The van der Waals surface area contributed by atoms with Crippen LogP contribution in [0.3, 0.4) is 0 Å². The Morgan fingerprint density at radius 1 is 0.292 bits per heavy atom. The first kappa shape index (κ1) is 63.4. The number of hydrogen-bond donors (Lipinski definition) is 0. The molecule has 0 aromatic rings. The number of rotatable bonds is 54. The third kappa shape index (κ3) is 53.2. The largest absolute Gasteiger partial charge is 0.462 e. The molecular formula is C59H114O6. The summed E-state index contributed by atoms with van der Waals surface area (Å²) < 4.78 is 16.9. The molecule has 6 nitrogen and oxygen atoms in total. The fourth-order valence-corrected chi connectivity index (χ4v) is 9.10. The third-order valence-electron chi connectivity index (χ3n) is 13.5. The van der Waals surface area contributed by atoms with E-state index in [2.05, 4.69) is 27.7 Å². The molecule has 0 N–H and O–H groups in total. The van der Waals surface area contributed by atoms with Crippen LogP contribution in [0.5, 0.6) is 0 Å². The maximum Gasteiger partial charge on any atom is 0.306 e. The standard InChI is InChI=1S/C59H114O6/c1-5-7-9-11-13-15-17-18-19-20-25-28-32-36-40-44-48-52-59(62)65-56(53-63-57(60)50-46-42-38-34-29-16-14-12-10-8-6-2)54-64-58(61)51-47-43-39-35-31-27-24-22-21-23-26-30-33-37-41-45-49-55(3)4/h55-56H,5-54H2,1-4H3/t56-/m0/s1. The molecule has 0 saturated carbocycles. The molecule has 0 unspecified atom stereocenters. The van der Waals surface area contributed by atoms with E-state index in [4.69, 9.17) is 14.2 Å². The number of ether oxygens (including phenoxy) is 3. The van der Waals surface area contributed by atoms with Crippen LogP contribution in [0.4, 0.5) is 0 Å². The molecule has 0 rings (SSSR count). The lowest BCUT2D eigenvalue weighted by Crippen LogP contribution is -2.30. The van der Waals surface area contributed by atoms with Crippen molar-refractivity contribution in [3.63, 3.8) is 0 Å². The number of carbonyl (C=O) groups excluding carboxylic acids is 3. The lowest BCUT2D eigenvalue weighted by atomic mass is 10.0. The van der Waals surface area contributed by atoms with Crippen LogP contribution in [0.25, 0.3) is 0 Å². The Kier molecular flexibility index (Phi) is 52.1. The normalized spacial score (nSPS) is 12.0. The summed E-state index contributed by atoms with van der Waals surface area (Å²) in [6, 6.07) is 0. The van der Waals surface area contributed by atoms with Gasteiger partial charge in [-0.25, -0.2) is 0 Å². The Bertz CT molecular complexity index is 980. The van der Waals surface area contributed by atoms with E-state index in [1.54, 1.807) is 0 Å². The van der Waals surface area contributed by atoms with Crippen LogP contribution in [0.2, 0.25) is 0 Å². The minimum atomic E-state index is -0.761. The van der Waals surface area contributed by atoms with Gasteiger partial charge >= 0.3 is 17.9 Å². The molecule has 0 aliphatic rings. The first-order valence-corrected chi connectivity index (χ1v) is 29.4. The van der Waals surface area contributed by atoms with Gasteiger partial charge in [0.05, 0.1) is 0 Å². The molecule has 0 radical (unpaired) electrons. The van der Waals surface area contributed by atoms with Crippen LogP contribution in [-0.4, -0.2) is 37.2 Å². The van der Waals surface area contributed by atoms with Gasteiger partial charge in [0.25, 0.3) is 0 Å². The molecule has 386 valence electrons. The lowest BCUT2D eigenvalue weighted by molar-refractivity contribution is -0.167. The predicted molar refractivity (Wildman–Crippen MR) is 280 cm³/mol. The lowest BCUT2D eigenvalue weighted by Gasteiger charge is -2.18. The SMILES string of the molecule is CCCCCCCCCCCCCCCCCCCC(=O)O[C@@H](COC(=O)CCCCCCCCCCCCC)COC(=O)CCCCCCCCCCCCCCCCCCC(C)C. The molecule has 0 aliphatic heterocycles. The zero-order valence-corrected chi connectivity index (χ0v) is 44.5. The van der Waals surface area contributed by atoms with Gasteiger partial charge in [-0.05, 0) is 25.2 Å². The third-order valence-corrected chi connectivity index (χ3v) is 13.5. The average Bonchev–Trinajstić information content (AvgIpc) is 3.29. The van der Waals surface area contributed by atoms with Gasteiger partial charge in [-0.3, -0.25) is 14.4 Å². The number of carbonyl (C=O) groups is 3. The highest BCUT2D eigenvalue weighted by atomic mass is 16.6. The van der Waals surface area contributed by atoms with E-state index in [0.717, 1.165) is 63.7 Å². The summed E-state index contributed by atoms with van der Waals surface area (Å²) in [4.78, 5) is 38.1. The minimum absolute atomic E-state index is 0.0617. The molecular weight excluding hydrogens is 805 g/mol. The van der Waals surface area contributed by atoms with Gasteiger partial charge in [0.1, 0.15) is 13.2 Å². The number of esters is 3. The zero-order valence-electron chi connectivity index (χ0n) is 44.5. The van der Waals surface area contributed by atoms with Crippen molar-refractivity contribution in [2.75, 3.05) is 13.2 Å². The average molecular weight is 920 g/mol. The second-order valence-corrected chi connectivity index (χ2v) is 20.8. The van der Waals surface area contributed by atoms with Crippen molar-refractivity contribution in [3.05, 3.63) is 0 Å². The van der Waals surface area contributed by atoms with Gasteiger partial charge in [0.15, 0.2) is 6.10 Å². The predicted octanol–water partition coefficient (Wildman–Crippen LogP) is 19.4. The Labute approximate surface area is 406 Å². The van der Waals surface area contributed by atoms with Gasteiger partial charge in [-0.1, -0.05) is 297 Å². The topological polar surface area (TPSA) is 78.9 Å². The molecule has 0 spiro atoms. The van der Waals surface area contributed by atoms with Crippen molar-refractivity contribution in [2.24, 2.45) is 5.92 Å². The first-order chi connectivity index (χ1) is 31.9. The molecule has 0 amide bonds. The van der Waals surface area contributed by atoms with Crippen LogP contribution in [0.1, 0.15) is 336 Å². The summed E-state index contributed by atoms with van der Waals surface area (Å²) >= 11 is 0. The van der Waals surface area contributed by atoms with E-state index < -0.39 is 6.10 Å². The summed E-state index contributed by atoms with van der Waals surface area (Å²) in [6.07, 6.45) is 58.1. The Morgan fingerprint density at radius 2 is 0.508 bits per heavy atom. The van der Waals surface area contributed by atoms with Gasteiger partial charge in [-0.15, -0.1) is 0 Å². The van der Waals surface area contributed by atoms with E-state index in [1.165, 1.54) is 231 Å². The number of hydrogen-bond acceptors (Lipinski definition) is 6. The molecule has 0 aromatic heterocycles. The summed E-state index contributed by atoms with van der Waals surface area (Å²) in [5.41, 5.74) is 0. The summed E-state index contributed by atoms with van der Waals surface area (Å²) in [5.74, 6) is 0.0180. The fourth-order valence-electron chi connectivity index (χ4n) is 9.10. The molecule has 0 aliphatic carbocycles. The van der Waals surface area contributed by atoms with Crippen LogP contribution in [-0.2, 0) is 28.6 Å². The van der Waals surface area contributed by atoms with Crippen LogP contribution < -0.4 is 0 Å². The molecule has 1 atom stereocenters. The van der Waals surface area contributed by atoms with E-state index in [-0.39, 0.29) is 31.1 Å². The van der Waals surface area contributed by atoms with E-state index in [0.29, 0.717) is 19.3 Å². The van der Waals surface area contributed by atoms with E-state index >= 15 is 0 Å². The maximum atomic E-state index is 12.8. The second-order valence-electron chi connectivity index (χ2n) is 20.8.